The minimum atomic E-state index is -0.112. The first-order chi connectivity index (χ1) is 8.79. The number of oxime groups is 1. The molecule has 0 bridgehead atoms. The van der Waals surface area contributed by atoms with E-state index < -0.39 is 0 Å². The molecule has 0 aliphatic heterocycles. The predicted molar refractivity (Wildman–Crippen MR) is 58.2 cm³/mol. The minimum Gasteiger partial charge on any atom is -0.409 e. The molecule has 0 fully saturated rings. The molecular formula is C8H7N9O. The summed E-state index contributed by atoms with van der Waals surface area (Å²) in [6.07, 6.45) is 3.14. The van der Waals surface area contributed by atoms with Crippen LogP contribution in [0, 0.1) is 0 Å². The van der Waals surface area contributed by atoms with Crippen LogP contribution < -0.4 is 5.73 Å². The van der Waals surface area contributed by atoms with Gasteiger partial charge in [0.25, 0.3) is 0 Å². The molecule has 3 N–H and O–H groups in total. The van der Waals surface area contributed by atoms with Crippen LogP contribution in [-0.4, -0.2) is 45.8 Å². The monoisotopic (exact) mass is 245 g/mol. The highest BCUT2D eigenvalue weighted by molar-refractivity contribution is 5.94. The van der Waals surface area contributed by atoms with Crippen molar-refractivity contribution in [3.05, 3.63) is 30.4 Å². The van der Waals surface area contributed by atoms with Crippen LogP contribution in [0.1, 0.15) is 5.82 Å². The number of hydrogen-bond acceptors (Lipinski definition) is 7. The molecule has 3 heterocycles. The van der Waals surface area contributed by atoms with Gasteiger partial charge in [0.1, 0.15) is 0 Å². The fourth-order valence-electron chi connectivity index (χ4n) is 1.49. The summed E-state index contributed by atoms with van der Waals surface area (Å²) in [5, 5.41) is 26.6. The van der Waals surface area contributed by atoms with Gasteiger partial charge in [-0.1, -0.05) is 5.16 Å². The summed E-state index contributed by atoms with van der Waals surface area (Å²) >= 11 is 0. The summed E-state index contributed by atoms with van der Waals surface area (Å²) < 4.78 is 2.82. The number of hydrogen-bond donors (Lipinski definition) is 2. The maximum atomic E-state index is 8.67. The van der Waals surface area contributed by atoms with Crippen LogP contribution >= 0.6 is 0 Å². The summed E-state index contributed by atoms with van der Waals surface area (Å²) in [5.41, 5.74) is 6.03. The highest BCUT2D eigenvalue weighted by atomic mass is 16.4. The van der Waals surface area contributed by atoms with E-state index in [-0.39, 0.29) is 11.7 Å². The first kappa shape index (κ1) is 10.1. The lowest BCUT2D eigenvalue weighted by Crippen LogP contribution is -2.19. The van der Waals surface area contributed by atoms with Crippen molar-refractivity contribution in [3.63, 3.8) is 0 Å². The van der Waals surface area contributed by atoms with E-state index in [1.807, 2.05) is 0 Å². The Morgan fingerprint density at radius 3 is 3.11 bits per heavy atom. The van der Waals surface area contributed by atoms with Crippen molar-refractivity contribution in [2.24, 2.45) is 10.9 Å². The van der Waals surface area contributed by atoms with Gasteiger partial charge in [-0.15, -0.1) is 14.8 Å². The average molecular weight is 245 g/mol. The molecular weight excluding hydrogens is 238 g/mol. The Labute approximate surface area is 99.3 Å². The van der Waals surface area contributed by atoms with Gasteiger partial charge in [0.15, 0.2) is 17.3 Å². The zero-order valence-corrected chi connectivity index (χ0v) is 8.91. The number of amidine groups is 1. The Bertz CT molecular complexity index is 727. The lowest BCUT2D eigenvalue weighted by molar-refractivity contribution is 0.318. The van der Waals surface area contributed by atoms with Gasteiger partial charge in [-0.3, -0.25) is 4.57 Å². The van der Waals surface area contributed by atoms with Gasteiger partial charge in [-0.2, -0.15) is 0 Å². The van der Waals surface area contributed by atoms with Gasteiger partial charge in [0.2, 0.25) is 5.84 Å². The Hall–Kier alpha value is -3.04. The summed E-state index contributed by atoms with van der Waals surface area (Å²) in [6, 6.07) is 3.39. The number of nitrogens with two attached hydrogens (primary N) is 1. The second kappa shape index (κ2) is 3.76. The molecule has 10 heteroatoms. The molecule has 3 rings (SSSR count). The van der Waals surface area contributed by atoms with Gasteiger partial charge in [0.05, 0.1) is 0 Å². The standard InChI is InChI=1S/C8H7N9O/c9-7(13-18)8-10-3-4-16(8)6-2-1-5-11-14-15-17(5)12-6/h1-4,18H,(H2,9,13). The second-order valence-corrected chi connectivity index (χ2v) is 3.32. The van der Waals surface area contributed by atoms with Crippen molar-refractivity contribution in [2.75, 3.05) is 0 Å². The van der Waals surface area contributed by atoms with E-state index in [1.54, 1.807) is 22.9 Å². The Balaban J connectivity index is 2.17. The topological polar surface area (TPSA) is 132 Å². The molecule has 0 atom stereocenters. The molecule has 0 saturated heterocycles. The van der Waals surface area contributed by atoms with Gasteiger partial charge in [-0.05, 0) is 22.6 Å². The SMILES string of the molecule is NC(=NO)c1nccn1-c1ccc2nnnn2n1. The summed E-state index contributed by atoms with van der Waals surface area (Å²) in [4.78, 5) is 3.98. The Kier molecular flexibility index (Phi) is 2.12. The van der Waals surface area contributed by atoms with Crippen molar-refractivity contribution >= 4 is 11.5 Å². The van der Waals surface area contributed by atoms with Gasteiger partial charge in [0, 0.05) is 12.4 Å². The molecule has 0 amide bonds. The van der Waals surface area contributed by atoms with E-state index in [9.17, 15) is 0 Å². The first-order valence-corrected chi connectivity index (χ1v) is 4.86. The van der Waals surface area contributed by atoms with Crippen LogP contribution in [0.2, 0.25) is 0 Å². The molecule has 0 aliphatic carbocycles. The number of fused-ring (bicyclic) bond motifs is 1. The molecule has 90 valence electrons. The van der Waals surface area contributed by atoms with Gasteiger partial charge in [-0.25, -0.2) is 4.98 Å². The van der Waals surface area contributed by atoms with E-state index in [0.717, 1.165) is 0 Å². The molecule has 0 aliphatic rings. The smallest absolute Gasteiger partial charge is 0.206 e. The van der Waals surface area contributed by atoms with Crippen molar-refractivity contribution in [1.82, 2.24) is 34.8 Å². The molecule has 3 aromatic rings. The molecule has 10 nitrogen and oxygen atoms in total. The minimum absolute atomic E-state index is 0.112. The largest absolute Gasteiger partial charge is 0.409 e. The van der Waals surface area contributed by atoms with Crippen LogP contribution in [0.4, 0.5) is 0 Å². The van der Waals surface area contributed by atoms with Crippen LogP contribution in [0.15, 0.2) is 29.7 Å². The third kappa shape index (κ3) is 1.43. The second-order valence-electron chi connectivity index (χ2n) is 3.32. The summed E-state index contributed by atoms with van der Waals surface area (Å²) in [7, 11) is 0. The van der Waals surface area contributed by atoms with E-state index in [4.69, 9.17) is 10.9 Å². The van der Waals surface area contributed by atoms with E-state index in [2.05, 4.69) is 30.8 Å². The number of rotatable bonds is 2. The highest BCUT2D eigenvalue weighted by Crippen LogP contribution is 2.08. The number of aromatic nitrogens is 7. The maximum absolute atomic E-state index is 8.67. The quantitative estimate of drug-likeness (QED) is 0.251. The molecule has 3 aromatic heterocycles. The fraction of sp³-hybridized carbons (Fsp3) is 0. The lowest BCUT2D eigenvalue weighted by Gasteiger charge is -2.04. The zero-order valence-electron chi connectivity index (χ0n) is 8.91. The predicted octanol–water partition coefficient (Wildman–Crippen LogP) is -1.20. The molecule has 0 saturated carbocycles. The molecule has 0 aromatic carbocycles. The van der Waals surface area contributed by atoms with Crippen molar-refractivity contribution in [2.45, 2.75) is 0 Å². The van der Waals surface area contributed by atoms with Crippen LogP contribution in [-0.2, 0) is 0 Å². The van der Waals surface area contributed by atoms with Crippen LogP contribution in [0.5, 0.6) is 0 Å². The van der Waals surface area contributed by atoms with E-state index in [1.165, 1.54) is 10.8 Å². The zero-order chi connectivity index (χ0) is 12.5. The summed E-state index contributed by atoms with van der Waals surface area (Å²) in [5.74, 6) is 0.657. The Morgan fingerprint density at radius 2 is 2.28 bits per heavy atom. The van der Waals surface area contributed by atoms with E-state index >= 15 is 0 Å². The number of tetrazole rings is 1. The lowest BCUT2D eigenvalue weighted by atomic mass is 10.4. The van der Waals surface area contributed by atoms with Crippen LogP contribution in [0.25, 0.3) is 11.5 Å². The normalized spacial score (nSPS) is 12.1. The fourth-order valence-corrected chi connectivity index (χ4v) is 1.49. The van der Waals surface area contributed by atoms with Gasteiger partial charge < -0.3 is 10.9 Å². The summed E-state index contributed by atoms with van der Waals surface area (Å²) in [6.45, 7) is 0. The number of nitrogens with zero attached hydrogens (tertiary/aromatic N) is 8. The van der Waals surface area contributed by atoms with Crippen molar-refractivity contribution in [1.29, 1.82) is 0 Å². The number of imidazole rings is 1. The molecule has 0 spiro atoms. The maximum Gasteiger partial charge on any atom is 0.206 e. The third-order valence-corrected chi connectivity index (χ3v) is 2.28. The van der Waals surface area contributed by atoms with Crippen LogP contribution in [0.3, 0.4) is 0 Å². The molecule has 18 heavy (non-hydrogen) atoms. The Morgan fingerprint density at radius 1 is 1.39 bits per heavy atom. The highest BCUT2D eigenvalue weighted by Gasteiger charge is 2.11. The third-order valence-electron chi connectivity index (χ3n) is 2.28. The first-order valence-electron chi connectivity index (χ1n) is 4.86. The molecule has 0 unspecified atom stereocenters. The van der Waals surface area contributed by atoms with Gasteiger partial charge >= 0.3 is 0 Å². The van der Waals surface area contributed by atoms with Crippen molar-refractivity contribution < 1.29 is 5.21 Å². The average Bonchev–Trinajstić information content (AvgIpc) is 3.05. The van der Waals surface area contributed by atoms with E-state index in [0.29, 0.717) is 11.5 Å². The van der Waals surface area contributed by atoms with Crippen molar-refractivity contribution in [3.8, 4) is 5.82 Å². The molecule has 0 radical (unpaired) electrons.